The van der Waals surface area contributed by atoms with Crippen molar-refractivity contribution in [3.8, 4) is 0 Å². The van der Waals surface area contributed by atoms with Gasteiger partial charge in [-0.25, -0.2) is 4.68 Å². The Morgan fingerprint density at radius 3 is 2.20 bits per heavy atom. The lowest BCUT2D eigenvalue weighted by atomic mass is 10.1. The molecule has 0 amide bonds. The number of halogens is 1. The van der Waals surface area contributed by atoms with Crippen molar-refractivity contribution < 1.29 is 9.59 Å². The molecule has 0 fully saturated rings. The summed E-state index contributed by atoms with van der Waals surface area (Å²) in [5, 5.41) is 10.7. The van der Waals surface area contributed by atoms with Gasteiger partial charge >= 0.3 is 0 Å². The van der Waals surface area contributed by atoms with Crippen LogP contribution in [0.2, 0.25) is 5.02 Å². The number of anilines is 1. The number of nitrogens with zero attached hydrogens (tertiary/aromatic N) is 3. The maximum Gasteiger partial charge on any atom is 0.238 e. The molecule has 5 rings (SSSR count). The zero-order chi connectivity index (χ0) is 29.5. The predicted molar refractivity (Wildman–Crippen MR) is 169 cm³/mol. The predicted octanol–water partition coefficient (Wildman–Crippen LogP) is 7.84. The van der Waals surface area contributed by atoms with E-state index < -0.39 is 0 Å². The molecule has 2 aromatic heterocycles. The van der Waals surface area contributed by atoms with Gasteiger partial charge in [0.25, 0.3) is 0 Å². The summed E-state index contributed by atoms with van der Waals surface area (Å²) in [5.41, 5.74) is 9.34. The molecule has 8 nitrogen and oxygen atoms in total. The molecule has 0 radical (unpaired) electrons. The molecule has 0 saturated carbocycles. The molecule has 0 spiro atoms. The van der Waals surface area contributed by atoms with Gasteiger partial charge in [-0.3, -0.25) is 4.79 Å². The number of aromatic amines is 2. The number of tetrazole rings is 1. The molecule has 0 saturated heterocycles. The van der Waals surface area contributed by atoms with Crippen LogP contribution in [0.5, 0.6) is 0 Å². The molecular formula is C28H31ClN6O2S3. The molecule has 0 aliphatic rings. The number of hydrogen-bond acceptors (Lipinski definition) is 8. The fourth-order valence-corrected chi connectivity index (χ4v) is 4.32. The highest BCUT2D eigenvalue weighted by molar-refractivity contribution is 7.73. The lowest BCUT2D eigenvalue weighted by molar-refractivity contribution is -0.116. The second-order valence-corrected chi connectivity index (χ2v) is 10.8. The van der Waals surface area contributed by atoms with Crippen LogP contribution in [-0.4, -0.2) is 36.8 Å². The van der Waals surface area contributed by atoms with Gasteiger partial charge in [0, 0.05) is 29.1 Å². The maximum atomic E-state index is 11.1. The van der Waals surface area contributed by atoms with Crippen molar-refractivity contribution >= 4 is 74.8 Å². The SMILES string of the molecule is CCC(=O)c1ccc(Cl)cc1.CCC(C)=O.Nc1ccc2[nH]c(=S)sc2c1.S=c1nn[nH]n1Cc1ccccc1. The number of nitrogens with two attached hydrogens (primary N) is 1. The van der Waals surface area contributed by atoms with E-state index in [0.29, 0.717) is 29.2 Å². The summed E-state index contributed by atoms with van der Waals surface area (Å²) < 4.78 is 4.11. The molecule has 40 heavy (non-hydrogen) atoms. The molecule has 0 atom stereocenters. The third-order valence-corrected chi connectivity index (χ3v) is 6.90. The van der Waals surface area contributed by atoms with E-state index in [4.69, 9.17) is 41.8 Å². The molecule has 2 heterocycles. The Labute approximate surface area is 252 Å². The average Bonchev–Trinajstić information content (AvgIpc) is 3.53. The Hall–Kier alpha value is -3.51. The second-order valence-electron chi connectivity index (χ2n) is 8.26. The van der Waals surface area contributed by atoms with Crippen molar-refractivity contribution in [2.45, 2.75) is 40.2 Å². The Bertz CT molecular complexity index is 1610. The number of H-pyrrole nitrogens is 2. The van der Waals surface area contributed by atoms with E-state index in [1.165, 1.54) is 5.56 Å². The van der Waals surface area contributed by atoms with Gasteiger partial charge in [0.05, 0.1) is 16.8 Å². The van der Waals surface area contributed by atoms with Crippen molar-refractivity contribution in [2.75, 3.05) is 5.73 Å². The largest absolute Gasteiger partial charge is 0.399 e. The smallest absolute Gasteiger partial charge is 0.238 e. The number of carbonyl (C=O) groups excluding carboxylic acids is 2. The van der Waals surface area contributed by atoms with E-state index in [2.05, 4.69) is 20.5 Å². The van der Waals surface area contributed by atoms with Crippen LogP contribution in [0.15, 0.2) is 72.8 Å². The standard InChI is InChI=1S/C9H9ClO.C8H8N4S.C7H6N2S2.C4H8O/c1-2-9(11)7-3-5-8(10)6-4-7;13-8-9-10-11-12(8)6-7-4-2-1-3-5-7;8-4-1-2-5-6(3-4)11-7(10)9-5;1-3-4(2)5/h3-6H,2H2,1H3;1-5H,6H2,(H,9,11,13);1-3H,8H2,(H,9,10);3H2,1-2H3. The van der Waals surface area contributed by atoms with Crippen LogP contribution in [0.4, 0.5) is 5.69 Å². The minimum absolute atomic E-state index is 0.154. The molecule has 5 aromatic rings. The summed E-state index contributed by atoms with van der Waals surface area (Å²) in [5.74, 6) is 0.409. The van der Waals surface area contributed by atoms with Crippen molar-refractivity contribution in [2.24, 2.45) is 0 Å². The normalized spacial score (nSPS) is 9.80. The van der Waals surface area contributed by atoms with E-state index in [1.54, 1.807) is 47.2 Å². The van der Waals surface area contributed by atoms with Crippen LogP contribution in [0.3, 0.4) is 0 Å². The van der Waals surface area contributed by atoms with Crippen LogP contribution < -0.4 is 5.73 Å². The number of benzene rings is 3. The number of aromatic nitrogens is 5. The number of Topliss-reactive ketones (excluding diaryl/α,β-unsaturated/α-hetero) is 2. The van der Waals surface area contributed by atoms with Crippen molar-refractivity contribution in [3.63, 3.8) is 0 Å². The van der Waals surface area contributed by atoms with Crippen LogP contribution >= 0.6 is 47.4 Å². The summed E-state index contributed by atoms with van der Waals surface area (Å²) in [4.78, 5) is 24.0. The van der Waals surface area contributed by atoms with Crippen molar-refractivity contribution in [1.82, 2.24) is 25.2 Å². The van der Waals surface area contributed by atoms with Gasteiger partial charge in [-0.1, -0.05) is 66.1 Å². The van der Waals surface area contributed by atoms with Crippen molar-refractivity contribution in [1.29, 1.82) is 0 Å². The molecule has 3 aromatic carbocycles. The van der Waals surface area contributed by atoms with Gasteiger partial charge in [-0.15, -0.1) is 11.3 Å². The molecule has 4 N–H and O–H groups in total. The van der Waals surface area contributed by atoms with E-state index in [0.717, 1.165) is 25.4 Å². The first-order valence-electron chi connectivity index (χ1n) is 12.3. The quantitative estimate of drug-likeness (QED) is 0.105. The van der Waals surface area contributed by atoms with Crippen LogP contribution in [-0.2, 0) is 11.3 Å². The average molecular weight is 615 g/mol. The maximum absolute atomic E-state index is 11.1. The van der Waals surface area contributed by atoms with Crippen LogP contribution in [0, 0.1) is 8.73 Å². The minimum Gasteiger partial charge on any atom is -0.399 e. The first-order chi connectivity index (χ1) is 19.1. The van der Waals surface area contributed by atoms with E-state index in [-0.39, 0.29) is 11.6 Å². The minimum atomic E-state index is 0.154. The Kier molecular flexibility index (Phi) is 14.1. The van der Waals surface area contributed by atoms with Gasteiger partial charge < -0.3 is 15.5 Å². The number of nitrogen functional groups attached to an aromatic ring is 1. The fraction of sp³-hybridized carbons (Fsp3) is 0.214. The lowest BCUT2D eigenvalue weighted by Gasteiger charge is -1.99. The molecule has 0 bridgehead atoms. The van der Waals surface area contributed by atoms with Gasteiger partial charge in [0.1, 0.15) is 5.78 Å². The molecule has 0 aliphatic heterocycles. The third-order valence-electron chi connectivity index (χ3n) is 5.15. The molecule has 210 valence electrons. The number of hydrogen-bond donors (Lipinski definition) is 3. The van der Waals surface area contributed by atoms with Gasteiger partial charge in [0.15, 0.2) is 9.74 Å². The highest BCUT2D eigenvalue weighted by atomic mass is 35.5. The summed E-state index contributed by atoms with van der Waals surface area (Å²) in [6.07, 6.45) is 1.21. The molecular weight excluding hydrogens is 584 g/mol. The van der Waals surface area contributed by atoms with Crippen molar-refractivity contribution in [3.05, 3.63) is 97.7 Å². The van der Waals surface area contributed by atoms with Gasteiger partial charge in [-0.05, 0) is 79.4 Å². The third kappa shape index (κ3) is 11.7. The number of thiazole rings is 1. The molecule has 0 unspecified atom stereocenters. The van der Waals surface area contributed by atoms with Gasteiger partial charge in [-0.2, -0.15) is 5.21 Å². The van der Waals surface area contributed by atoms with E-state index >= 15 is 0 Å². The zero-order valence-corrected chi connectivity index (χ0v) is 25.6. The van der Waals surface area contributed by atoms with Crippen LogP contribution in [0.25, 0.3) is 10.2 Å². The van der Waals surface area contributed by atoms with Gasteiger partial charge in [0.2, 0.25) is 4.77 Å². The first kappa shape index (κ1) is 32.7. The monoisotopic (exact) mass is 614 g/mol. The number of rotatable bonds is 5. The number of carbonyl (C=O) groups is 2. The summed E-state index contributed by atoms with van der Waals surface area (Å²) in [6.45, 7) is 5.96. The Morgan fingerprint density at radius 1 is 1.00 bits per heavy atom. The highest BCUT2D eigenvalue weighted by Gasteiger charge is 2.00. The lowest BCUT2D eigenvalue weighted by Crippen LogP contribution is -2.01. The highest BCUT2D eigenvalue weighted by Crippen LogP contribution is 2.21. The van der Waals surface area contributed by atoms with E-state index in [1.807, 2.05) is 62.4 Å². The Morgan fingerprint density at radius 2 is 1.65 bits per heavy atom. The summed E-state index contributed by atoms with van der Waals surface area (Å²) in [7, 11) is 0. The van der Waals surface area contributed by atoms with E-state index in [9.17, 15) is 9.59 Å². The molecule has 0 aliphatic carbocycles. The first-order valence-corrected chi connectivity index (χ1v) is 14.3. The zero-order valence-electron chi connectivity index (χ0n) is 22.4. The second kappa shape index (κ2) is 17.2. The number of ketones is 2. The van der Waals surface area contributed by atoms with Crippen LogP contribution in [0.1, 0.15) is 49.5 Å². The summed E-state index contributed by atoms with van der Waals surface area (Å²) >= 11 is 17.1. The fourth-order valence-electron chi connectivity index (χ4n) is 2.89. The topological polar surface area (TPSA) is 122 Å². The molecule has 12 heteroatoms. The number of nitrogens with one attached hydrogen (secondary N) is 2. The Balaban J connectivity index is 0.000000195. The summed E-state index contributed by atoms with van der Waals surface area (Å²) in [6, 6.07) is 22.7. The number of fused-ring (bicyclic) bond motifs is 1.